The van der Waals surface area contributed by atoms with Crippen molar-refractivity contribution in [1.82, 2.24) is 9.97 Å². The fourth-order valence-electron chi connectivity index (χ4n) is 6.13. The number of aromatic nitrogens is 2. The van der Waals surface area contributed by atoms with E-state index in [0.717, 1.165) is 62.4 Å². The zero-order chi connectivity index (χ0) is 39.9. The van der Waals surface area contributed by atoms with Crippen LogP contribution in [0.5, 0.6) is 0 Å². The van der Waals surface area contributed by atoms with Gasteiger partial charge >= 0.3 is 121 Å². The van der Waals surface area contributed by atoms with Crippen LogP contribution < -0.4 is 4.40 Å². The molecule has 0 amide bonds. The first-order chi connectivity index (χ1) is 25.8. The summed E-state index contributed by atoms with van der Waals surface area (Å²) in [6.45, 7) is 1.99. The van der Waals surface area contributed by atoms with Crippen molar-refractivity contribution in [2.24, 2.45) is 5.92 Å². The number of hydrogen-bond acceptors (Lipinski definition) is 3. The minimum atomic E-state index is -2.33. The van der Waals surface area contributed by atoms with Gasteiger partial charge < -0.3 is 9.40 Å². The van der Waals surface area contributed by atoms with Gasteiger partial charge in [0.15, 0.2) is 0 Å². The fraction of sp³-hybridized carbons (Fsp3) is 0.227. The van der Waals surface area contributed by atoms with Crippen molar-refractivity contribution in [3.8, 4) is 33.6 Å². The number of halogens is 1. The summed E-state index contributed by atoms with van der Waals surface area (Å²) in [4.78, 5) is 8.96. The van der Waals surface area contributed by atoms with Gasteiger partial charge in [-0.2, -0.15) is 0 Å². The monoisotopic (exact) mass is 907 g/mol. The van der Waals surface area contributed by atoms with Gasteiger partial charge in [0.05, 0.1) is 5.58 Å². The van der Waals surface area contributed by atoms with Gasteiger partial charge in [0.2, 0.25) is 0 Å². The molecule has 0 unspecified atom stereocenters. The fourth-order valence-corrected chi connectivity index (χ4v) is 9.71. The number of rotatable bonds is 6. The summed E-state index contributed by atoms with van der Waals surface area (Å²) in [6.07, 6.45) is 4.68. The van der Waals surface area contributed by atoms with Crippen LogP contribution in [-0.2, 0) is 26.5 Å². The van der Waals surface area contributed by atoms with Crippen molar-refractivity contribution in [3.63, 3.8) is 0 Å². The molecule has 3 nitrogen and oxygen atoms in total. The molecule has 0 fully saturated rings. The molecule has 3 aromatic heterocycles. The van der Waals surface area contributed by atoms with Crippen molar-refractivity contribution >= 4 is 39.6 Å². The van der Waals surface area contributed by atoms with E-state index >= 15 is 0 Å². The Morgan fingerprint density at radius 1 is 0.820 bits per heavy atom. The Morgan fingerprint density at radius 3 is 2.24 bits per heavy atom. The molecule has 0 bridgehead atoms. The third-order valence-corrected chi connectivity index (χ3v) is 12.9. The summed E-state index contributed by atoms with van der Waals surface area (Å²) in [5.41, 5.74) is 8.53. The number of furan rings is 1. The van der Waals surface area contributed by atoms with Gasteiger partial charge in [0.25, 0.3) is 0 Å². The van der Waals surface area contributed by atoms with E-state index in [9.17, 15) is 4.39 Å². The van der Waals surface area contributed by atoms with Crippen LogP contribution >= 0.6 is 0 Å². The number of pyridine rings is 2. The summed E-state index contributed by atoms with van der Waals surface area (Å²) >= 11 is -2.00. The molecule has 0 aliphatic rings. The maximum absolute atomic E-state index is 14.2. The molecule has 7 aromatic rings. The molecule has 50 heavy (non-hydrogen) atoms. The molecule has 0 aliphatic carbocycles. The van der Waals surface area contributed by atoms with Crippen molar-refractivity contribution in [2.75, 3.05) is 0 Å². The summed E-state index contributed by atoms with van der Waals surface area (Å²) in [7, 11) is 0. The maximum Gasteiger partial charge on any atom is 0.121 e. The van der Waals surface area contributed by atoms with Gasteiger partial charge in [-0.1, -0.05) is 78.4 Å². The predicted molar refractivity (Wildman–Crippen MR) is 205 cm³/mol. The Morgan fingerprint density at radius 2 is 1.56 bits per heavy atom. The molecular weight excluding hydrogens is 856 g/mol. The summed E-state index contributed by atoms with van der Waals surface area (Å²) < 4.78 is 66.5. The van der Waals surface area contributed by atoms with E-state index in [2.05, 4.69) is 71.4 Å². The Labute approximate surface area is 320 Å². The van der Waals surface area contributed by atoms with Crippen LogP contribution in [0.3, 0.4) is 0 Å². The molecule has 0 spiro atoms. The smallest absolute Gasteiger partial charge is 0.121 e. The van der Waals surface area contributed by atoms with E-state index in [1.54, 1.807) is 12.1 Å². The molecule has 257 valence electrons. The van der Waals surface area contributed by atoms with E-state index in [0.29, 0.717) is 17.2 Å². The quantitative estimate of drug-likeness (QED) is 0.123. The first kappa shape index (κ1) is 29.8. The first-order valence-electron chi connectivity index (χ1n) is 19.4. The van der Waals surface area contributed by atoms with Crippen LogP contribution in [0.25, 0.3) is 55.6 Å². The van der Waals surface area contributed by atoms with Crippen LogP contribution in [0.2, 0.25) is 17.3 Å². The summed E-state index contributed by atoms with van der Waals surface area (Å²) in [5, 5.41) is 2.06. The molecule has 0 saturated carbocycles. The normalized spacial score (nSPS) is 13.7. The third-order valence-electron chi connectivity index (χ3n) is 8.44. The Kier molecular flexibility index (Phi) is 9.27. The number of aryl methyl sites for hydroxylation is 3. The van der Waals surface area contributed by atoms with Gasteiger partial charge in [0, 0.05) is 35.8 Å². The number of benzene rings is 4. The molecular formula is C44H43FGeIrN2O-2. The molecule has 4 aromatic carbocycles. The second kappa shape index (κ2) is 15.6. The van der Waals surface area contributed by atoms with E-state index in [1.807, 2.05) is 61.8 Å². The third kappa shape index (κ3) is 8.34. The van der Waals surface area contributed by atoms with Crippen molar-refractivity contribution in [1.29, 1.82) is 0 Å². The Hall–Kier alpha value is -3.90. The zero-order valence-electron chi connectivity index (χ0n) is 35.0. The van der Waals surface area contributed by atoms with Crippen LogP contribution in [0.15, 0.2) is 102 Å². The largest absolute Gasteiger partial charge is 0.501 e. The van der Waals surface area contributed by atoms with E-state index < -0.39 is 32.8 Å². The van der Waals surface area contributed by atoms with Crippen molar-refractivity contribution in [2.45, 2.75) is 58.2 Å². The number of hydrogen-bond donors (Lipinski definition) is 0. The number of nitrogens with zero attached hydrogens (tertiary/aromatic N) is 2. The van der Waals surface area contributed by atoms with Crippen molar-refractivity contribution in [3.05, 3.63) is 138 Å². The maximum atomic E-state index is 14.2. The van der Waals surface area contributed by atoms with Crippen LogP contribution in [0.1, 0.15) is 44.3 Å². The standard InChI is InChI=1S/C28H24NO.C16H19FGeN.Ir/c1-18(2)15-20-13-14-29-26(16-20)25-6-4-5-24-23-12-11-22(17-27(23)30-28(24)25)21-9-7-19(3)8-10-21;1-11-6-7-13(14(17)8-11)16-9-12(2)15(10-19-16)18(3,4)5;/h4-5,7-14,16-18H,15H2,1-3H3;6,8-10H,1-5H3;/q2*-1;/i3D3;1D3;. The molecule has 0 saturated heterocycles. The van der Waals surface area contributed by atoms with E-state index in [1.165, 1.54) is 16.0 Å². The molecule has 0 aliphatic heterocycles. The Balaban J connectivity index is 0.000000229. The van der Waals surface area contributed by atoms with Crippen LogP contribution in [0.4, 0.5) is 4.39 Å². The Bertz CT molecular complexity index is 2490. The molecule has 0 atom stereocenters. The average molecular weight is 906 g/mol. The first-order valence-corrected chi connectivity index (χ1v) is 23.8. The van der Waals surface area contributed by atoms with E-state index in [4.69, 9.17) is 12.6 Å². The van der Waals surface area contributed by atoms with Gasteiger partial charge in [-0.3, -0.25) is 0 Å². The molecule has 6 heteroatoms. The van der Waals surface area contributed by atoms with Gasteiger partial charge in [-0.05, 0) is 48.1 Å². The summed E-state index contributed by atoms with van der Waals surface area (Å²) in [6, 6.07) is 31.5. The molecule has 0 N–H and O–H groups in total. The zero-order valence-corrected chi connectivity index (χ0v) is 33.5. The minimum Gasteiger partial charge on any atom is -0.501 e. The van der Waals surface area contributed by atoms with Gasteiger partial charge in [-0.25, -0.2) is 0 Å². The predicted octanol–water partition coefficient (Wildman–Crippen LogP) is 11.5. The van der Waals surface area contributed by atoms with Crippen LogP contribution in [0, 0.1) is 44.5 Å². The second-order valence-electron chi connectivity index (χ2n) is 13.9. The molecule has 1 radical (unpaired) electrons. The number of fused-ring (bicyclic) bond motifs is 3. The van der Waals surface area contributed by atoms with Crippen LogP contribution in [-0.4, -0.2) is 23.2 Å². The topological polar surface area (TPSA) is 38.9 Å². The second-order valence-corrected chi connectivity index (χ2v) is 24.5. The van der Waals surface area contributed by atoms with Crippen molar-refractivity contribution < 1.29 is 37.1 Å². The van der Waals surface area contributed by atoms with Gasteiger partial charge in [0.1, 0.15) is 5.58 Å². The van der Waals surface area contributed by atoms with E-state index in [-0.39, 0.29) is 31.2 Å². The SMILES string of the molecule is [2H]C([2H])([2H])c1c[c-]c(-c2cc(C)[c]([Ge]([CH3])([CH3])[CH3])cn2)c(F)c1.[2H]C([2H])([2H])c1ccc(-c2ccc3c(c2)oc2c(-c4cc(CC(C)C)ccn4)[c-]ccc23)cc1.[Ir]. The van der Waals surface area contributed by atoms with Gasteiger partial charge in [-0.15, -0.1) is 18.2 Å². The molecule has 7 rings (SSSR count). The minimum absolute atomic E-state index is 0. The average Bonchev–Trinajstić information content (AvgIpc) is 3.49. The molecule has 3 heterocycles. The summed E-state index contributed by atoms with van der Waals surface area (Å²) in [5.74, 6) is 6.80.